The molecule has 2 aromatic heterocycles. The molecule has 2 heterocycles. The molecule has 0 aliphatic rings. The molecule has 8 heteroatoms. The van der Waals surface area contributed by atoms with Crippen molar-refractivity contribution in [2.24, 2.45) is 0 Å². The molecule has 0 amide bonds. The first-order chi connectivity index (χ1) is 16.4. The maximum atomic E-state index is 13.9. The van der Waals surface area contributed by atoms with Crippen LogP contribution in [0.3, 0.4) is 0 Å². The van der Waals surface area contributed by atoms with Gasteiger partial charge in [-0.15, -0.1) is 0 Å². The highest BCUT2D eigenvalue weighted by Gasteiger charge is 2.21. The van der Waals surface area contributed by atoms with Crippen LogP contribution in [0.4, 0.5) is 4.39 Å². The van der Waals surface area contributed by atoms with E-state index in [4.69, 9.17) is 11.6 Å². The minimum Gasteiger partial charge on any atom is -0.300 e. The molecule has 0 unspecified atom stereocenters. The number of benzene rings is 2. The number of fused-ring (bicyclic) bond motifs is 1. The Morgan fingerprint density at radius 1 is 1.09 bits per heavy atom. The fourth-order valence-electron chi connectivity index (χ4n) is 3.94. The van der Waals surface area contributed by atoms with Crippen molar-refractivity contribution in [1.82, 2.24) is 19.4 Å². The number of rotatable bonds is 8. The van der Waals surface area contributed by atoms with Gasteiger partial charge in [-0.25, -0.2) is 9.37 Å². The van der Waals surface area contributed by atoms with Crippen LogP contribution < -0.4 is 5.56 Å². The predicted molar refractivity (Wildman–Crippen MR) is 131 cm³/mol. The van der Waals surface area contributed by atoms with Crippen molar-refractivity contribution < 1.29 is 9.18 Å². The molecule has 6 nitrogen and oxygen atoms in total. The molecule has 4 aromatic rings. The van der Waals surface area contributed by atoms with Crippen LogP contribution in [0.25, 0.3) is 16.6 Å². The van der Waals surface area contributed by atoms with Crippen LogP contribution in [0.1, 0.15) is 35.7 Å². The van der Waals surface area contributed by atoms with Crippen LogP contribution in [-0.4, -0.2) is 38.3 Å². The van der Waals surface area contributed by atoms with E-state index in [1.807, 2.05) is 6.07 Å². The van der Waals surface area contributed by atoms with Crippen LogP contribution in [-0.2, 0) is 13.0 Å². The number of carbonyl (C=O) groups is 1. The number of Topliss-reactive ketones (excluding diaryl/α,β-unsaturated/α-hetero) is 1. The van der Waals surface area contributed by atoms with Crippen molar-refractivity contribution in [3.8, 4) is 5.69 Å². The van der Waals surface area contributed by atoms with E-state index in [1.165, 1.54) is 16.7 Å². The van der Waals surface area contributed by atoms with Crippen LogP contribution >= 0.6 is 11.6 Å². The third-order valence-corrected chi connectivity index (χ3v) is 6.08. The summed E-state index contributed by atoms with van der Waals surface area (Å²) in [6.07, 6.45) is 1.41. The molecule has 0 atom stereocenters. The van der Waals surface area contributed by atoms with E-state index in [0.717, 1.165) is 24.7 Å². The van der Waals surface area contributed by atoms with Crippen molar-refractivity contribution in [3.63, 3.8) is 0 Å². The van der Waals surface area contributed by atoms with Gasteiger partial charge in [-0.3, -0.25) is 24.0 Å². The first-order valence-electron chi connectivity index (χ1n) is 11.1. The maximum absolute atomic E-state index is 13.9. The Hall–Kier alpha value is -3.42. The highest BCUT2D eigenvalue weighted by Crippen LogP contribution is 2.22. The lowest BCUT2D eigenvalue weighted by Crippen LogP contribution is -2.27. The van der Waals surface area contributed by atoms with E-state index < -0.39 is 11.4 Å². The van der Waals surface area contributed by atoms with E-state index in [2.05, 4.69) is 28.7 Å². The lowest BCUT2D eigenvalue weighted by atomic mass is 10.1. The van der Waals surface area contributed by atoms with Crippen LogP contribution in [0.5, 0.6) is 0 Å². The third-order valence-electron chi connectivity index (χ3n) is 5.76. The second-order valence-electron chi connectivity index (χ2n) is 7.85. The summed E-state index contributed by atoms with van der Waals surface area (Å²) in [5.74, 6) is -0.603. The van der Waals surface area contributed by atoms with E-state index in [1.54, 1.807) is 36.5 Å². The van der Waals surface area contributed by atoms with Gasteiger partial charge < -0.3 is 0 Å². The number of hydrogen-bond acceptors (Lipinski definition) is 5. The van der Waals surface area contributed by atoms with E-state index >= 15 is 0 Å². The number of para-hydroxylation sites is 1. The van der Waals surface area contributed by atoms with E-state index in [0.29, 0.717) is 28.5 Å². The number of nitrogens with zero attached hydrogens (tertiary/aromatic N) is 4. The van der Waals surface area contributed by atoms with Crippen LogP contribution in [0.15, 0.2) is 65.6 Å². The van der Waals surface area contributed by atoms with Gasteiger partial charge in [0.15, 0.2) is 5.78 Å². The van der Waals surface area contributed by atoms with Gasteiger partial charge in [-0.1, -0.05) is 43.6 Å². The van der Waals surface area contributed by atoms with Gasteiger partial charge in [-0.05, 0) is 55.1 Å². The molecule has 174 valence electrons. The Bertz CT molecular complexity index is 1420. The van der Waals surface area contributed by atoms with Gasteiger partial charge in [0, 0.05) is 12.7 Å². The van der Waals surface area contributed by atoms with Gasteiger partial charge in [0.05, 0.1) is 28.0 Å². The molecule has 0 N–H and O–H groups in total. The van der Waals surface area contributed by atoms with Crippen molar-refractivity contribution >= 4 is 28.3 Å². The van der Waals surface area contributed by atoms with Gasteiger partial charge >= 0.3 is 0 Å². The molecule has 0 spiro atoms. The topological polar surface area (TPSA) is 68.1 Å². The van der Waals surface area contributed by atoms with Gasteiger partial charge in [-0.2, -0.15) is 0 Å². The largest absolute Gasteiger partial charge is 0.300 e. The second kappa shape index (κ2) is 10.2. The summed E-state index contributed by atoms with van der Waals surface area (Å²) in [6.45, 7) is 6.39. The molecule has 34 heavy (non-hydrogen) atoms. The summed E-state index contributed by atoms with van der Waals surface area (Å²) >= 11 is 6.39. The van der Waals surface area contributed by atoms with Crippen LogP contribution in [0.2, 0.25) is 5.02 Å². The van der Waals surface area contributed by atoms with Gasteiger partial charge in [0.25, 0.3) is 5.56 Å². The zero-order valence-electron chi connectivity index (χ0n) is 19.0. The Labute approximate surface area is 201 Å². The summed E-state index contributed by atoms with van der Waals surface area (Å²) in [7, 11) is 0. The normalized spacial score (nSPS) is 11.3. The Balaban J connectivity index is 1.84. The summed E-state index contributed by atoms with van der Waals surface area (Å²) in [4.78, 5) is 38.0. The van der Waals surface area contributed by atoms with Crippen molar-refractivity contribution in [2.75, 3.05) is 13.1 Å². The smallest absolute Gasteiger partial charge is 0.266 e. The molecule has 0 bridgehead atoms. The summed E-state index contributed by atoms with van der Waals surface area (Å²) in [5.41, 5.74) is 1.34. The van der Waals surface area contributed by atoms with E-state index in [9.17, 15) is 14.0 Å². The summed E-state index contributed by atoms with van der Waals surface area (Å²) in [5, 5.41) is 0.423. The summed E-state index contributed by atoms with van der Waals surface area (Å²) in [6, 6.07) is 14.3. The minimum atomic E-state index is -0.546. The van der Waals surface area contributed by atoms with Crippen molar-refractivity contribution in [2.45, 2.75) is 26.8 Å². The maximum Gasteiger partial charge on any atom is 0.266 e. The Morgan fingerprint density at radius 3 is 2.59 bits per heavy atom. The zero-order valence-corrected chi connectivity index (χ0v) is 19.7. The monoisotopic (exact) mass is 478 g/mol. The van der Waals surface area contributed by atoms with Crippen molar-refractivity contribution in [1.29, 1.82) is 0 Å². The highest BCUT2D eigenvalue weighted by molar-refractivity contribution is 6.32. The molecule has 0 aliphatic heterocycles. The number of halogens is 2. The fraction of sp³-hybridized carbons (Fsp3) is 0.231. The Kier molecular flexibility index (Phi) is 7.14. The van der Waals surface area contributed by atoms with Gasteiger partial charge in [0.2, 0.25) is 0 Å². The SMILES string of the molecule is CCN(CC)Cc1cccnc1C(=O)Cc1nc2ccc(F)cc2c(=O)n1-c1ccccc1Cl. The summed E-state index contributed by atoms with van der Waals surface area (Å²) < 4.78 is 15.2. The van der Waals surface area contributed by atoms with E-state index in [-0.39, 0.29) is 23.4 Å². The van der Waals surface area contributed by atoms with Crippen LogP contribution in [0, 0.1) is 5.82 Å². The molecular weight excluding hydrogens is 455 g/mol. The molecule has 0 aliphatic carbocycles. The molecule has 0 fully saturated rings. The lowest BCUT2D eigenvalue weighted by Gasteiger charge is -2.19. The number of carbonyl (C=O) groups excluding carboxylic acids is 1. The average molecular weight is 479 g/mol. The standard InChI is InChI=1S/C26H24ClFN4O2/c1-3-31(4-2)16-17-8-7-13-29-25(17)23(33)15-24-30-21-12-11-18(28)14-19(21)26(34)32(24)22-10-6-5-9-20(22)27/h5-14H,3-4,15-16H2,1-2H3. The number of pyridine rings is 1. The molecule has 0 radical (unpaired) electrons. The van der Waals surface area contributed by atoms with Crippen molar-refractivity contribution in [3.05, 3.63) is 99.1 Å². The first kappa shape index (κ1) is 23.7. The third kappa shape index (κ3) is 4.76. The molecule has 4 rings (SSSR count). The lowest BCUT2D eigenvalue weighted by molar-refractivity contribution is 0.0983. The zero-order chi connectivity index (χ0) is 24.2. The highest BCUT2D eigenvalue weighted by atomic mass is 35.5. The number of aromatic nitrogens is 3. The molecular formula is C26H24ClFN4O2. The number of ketones is 1. The quantitative estimate of drug-likeness (QED) is 0.339. The predicted octanol–water partition coefficient (Wildman–Crippen LogP) is 4.84. The first-order valence-corrected chi connectivity index (χ1v) is 11.5. The fourth-order valence-corrected chi connectivity index (χ4v) is 4.16. The molecule has 0 saturated carbocycles. The second-order valence-corrected chi connectivity index (χ2v) is 8.26. The molecule has 0 saturated heterocycles. The molecule has 2 aromatic carbocycles. The minimum absolute atomic E-state index is 0.108. The Morgan fingerprint density at radius 2 is 1.85 bits per heavy atom. The number of hydrogen-bond donors (Lipinski definition) is 0. The van der Waals surface area contributed by atoms with Gasteiger partial charge in [0.1, 0.15) is 17.3 Å². The average Bonchev–Trinajstić information content (AvgIpc) is 2.84.